The van der Waals surface area contributed by atoms with E-state index in [2.05, 4.69) is 10.6 Å². The minimum absolute atomic E-state index is 0.168. The van der Waals surface area contributed by atoms with Crippen molar-refractivity contribution in [3.8, 4) is 0 Å². The topological polar surface area (TPSA) is 95.5 Å². The second kappa shape index (κ2) is 7.06. The number of unbranched alkanes of at least 4 members (excludes halogenated alkanes) is 3. The van der Waals surface area contributed by atoms with Crippen LogP contribution in [0.15, 0.2) is 30.3 Å². The third-order valence-electron chi connectivity index (χ3n) is 3.90. The maximum atomic E-state index is 12.2. The predicted octanol–water partition coefficient (Wildman–Crippen LogP) is 2.15. The van der Waals surface area contributed by atoms with Gasteiger partial charge in [-0.15, -0.1) is 0 Å². The van der Waals surface area contributed by atoms with Crippen LogP contribution in [0.3, 0.4) is 0 Å². The van der Waals surface area contributed by atoms with Gasteiger partial charge in [0.25, 0.3) is 5.91 Å². The van der Waals surface area contributed by atoms with Gasteiger partial charge in [-0.1, -0.05) is 49.6 Å². The molecule has 0 radical (unpaired) electrons. The zero-order valence-electron chi connectivity index (χ0n) is 12.3. The third-order valence-corrected chi connectivity index (χ3v) is 3.90. The molecule has 0 saturated carbocycles. The largest absolute Gasteiger partial charge is 0.481 e. The molecule has 1 heterocycles. The highest BCUT2D eigenvalue weighted by molar-refractivity contribution is 6.07. The summed E-state index contributed by atoms with van der Waals surface area (Å²) in [5.41, 5.74) is -0.241. The quantitative estimate of drug-likeness (QED) is 0.506. The van der Waals surface area contributed by atoms with Gasteiger partial charge in [-0.3, -0.25) is 14.9 Å². The number of imide groups is 1. The van der Waals surface area contributed by atoms with E-state index in [9.17, 15) is 14.4 Å². The van der Waals surface area contributed by atoms with Crippen LogP contribution < -0.4 is 10.6 Å². The zero-order valence-corrected chi connectivity index (χ0v) is 12.3. The molecule has 6 heteroatoms. The molecule has 1 aliphatic rings. The van der Waals surface area contributed by atoms with Crippen molar-refractivity contribution < 1.29 is 19.5 Å². The number of carbonyl (C=O) groups excluding carboxylic acids is 2. The van der Waals surface area contributed by atoms with E-state index in [4.69, 9.17) is 5.11 Å². The first-order valence-corrected chi connectivity index (χ1v) is 7.45. The van der Waals surface area contributed by atoms with Crippen molar-refractivity contribution in [2.75, 3.05) is 0 Å². The molecule has 1 aromatic rings. The molecular formula is C16H20N2O4. The van der Waals surface area contributed by atoms with Crippen molar-refractivity contribution in [3.05, 3.63) is 35.9 Å². The number of amides is 3. The second-order valence-corrected chi connectivity index (χ2v) is 5.49. The van der Waals surface area contributed by atoms with E-state index in [-0.39, 0.29) is 12.3 Å². The Morgan fingerprint density at radius 2 is 1.73 bits per heavy atom. The predicted molar refractivity (Wildman–Crippen MR) is 80.1 cm³/mol. The number of rotatable bonds is 8. The van der Waals surface area contributed by atoms with Gasteiger partial charge in [0.05, 0.1) is 0 Å². The van der Waals surface area contributed by atoms with E-state index < -0.39 is 17.5 Å². The van der Waals surface area contributed by atoms with Crippen LogP contribution in [-0.2, 0) is 15.1 Å². The van der Waals surface area contributed by atoms with Crippen molar-refractivity contribution in [3.63, 3.8) is 0 Å². The molecule has 0 aromatic heterocycles. The van der Waals surface area contributed by atoms with Gasteiger partial charge in [0.1, 0.15) is 5.54 Å². The van der Waals surface area contributed by atoms with Gasteiger partial charge < -0.3 is 10.4 Å². The van der Waals surface area contributed by atoms with Crippen LogP contribution in [0, 0.1) is 0 Å². The summed E-state index contributed by atoms with van der Waals surface area (Å²) in [6.45, 7) is 0. The second-order valence-electron chi connectivity index (χ2n) is 5.49. The Hall–Kier alpha value is -2.37. The Morgan fingerprint density at radius 1 is 1.05 bits per heavy atom. The highest BCUT2D eigenvalue weighted by atomic mass is 16.4. The van der Waals surface area contributed by atoms with Crippen molar-refractivity contribution in [1.82, 2.24) is 10.6 Å². The summed E-state index contributed by atoms with van der Waals surface area (Å²) in [7, 11) is 0. The SMILES string of the molecule is O=C(O)CCCCCCC1(c2ccccc2)NC(=O)NC1=O. The van der Waals surface area contributed by atoms with Gasteiger partial charge in [-0.2, -0.15) is 0 Å². The summed E-state index contributed by atoms with van der Waals surface area (Å²) < 4.78 is 0. The fraction of sp³-hybridized carbons (Fsp3) is 0.438. The number of hydrogen-bond donors (Lipinski definition) is 3. The Kier molecular flexibility index (Phi) is 5.14. The number of urea groups is 1. The van der Waals surface area contributed by atoms with Crippen molar-refractivity contribution >= 4 is 17.9 Å². The van der Waals surface area contributed by atoms with Gasteiger partial charge in [0, 0.05) is 6.42 Å². The van der Waals surface area contributed by atoms with Gasteiger partial charge >= 0.3 is 12.0 Å². The molecule has 1 aromatic carbocycles. The molecule has 1 aliphatic heterocycles. The van der Waals surface area contributed by atoms with Gasteiger partial charge in [-0.05, 0) is 18.4 Å². The molecule has 0 bridgehead atoms. The number of benzene rings is 1. The molecule has 0 aliphatic carbocycles. The molecular weight excluding hydrogens is 284 g/mol. The maximum absolute atomic E-state index is 12.2. The van der Waals surface area contributed by atoms with Crippen LogP contribution in [0.25, 0.3) is 0 Å². The summed E-state index contributed by atoms with van der Waals surface area (Å²) >= 11 is 0. The van der Waals surface area contributed by atoms with Crippen molar-refractivity contribution in [2.45, 2.75) is 44.1 Å². The van der Waals surface area contributed by atoms with E-state index in [1.807, 2.05) is 30.3 Å². The molecule has 3 amide bonds. The third kappa shape index (κ3) is 3.63. The summed E-state index contributed by atoms with van der Waals surface area (Å²) in [4.78, 5) is 34.2. The Morgan fingerprint density at radius 3 is 2.32 bits per heavy atom. The molecule has 1 unspecified atom stereocenters. The van der Waals surface area contributed by atoms with E-state index in [0.29, 0.717) is 12.8 Å². The summed E-state index contributed by atoms with van der Waals surface area (Å²) in [6, 6.07) is 8.71. The highest BCUT2D eigenvalue weighted by Gasteiger charge is 2.46. The Bertz CT molecular complexity index is 559. The molecule has 0 spiro atoms. The fourth-order valence-electron chi connectivity index (χ4n) is 2.76. The lowest BCUT2D eigenvalue weighted by Crippen LogP contribution is -2.43. The van der Waals surface area contributed by atoms with E-state index >= 15 is 0 Å². The lowest BCUT2D eigenvalue weighted by Gasteiger charge is -2.26. The van der Waals surface area contributed by atoms with Gasteiger partial charge in [-0.25, -0.2) is 4.79 Å². The normalized spacial score (nSPS) is 20.5. The van der Waals surface area contributed by atoms with E-state index in [0.717, 1.165) is 24.8 Å². The molecule has 118 valence electrons. The van der Waals surface area contributed by atoms with Crippen LogP contribution in [0.1, 0.15) is 44.1 Å². The van der Waals surface area contributed by atoms with Gasteiger partial charge in [0.15, 0.2) is 0 Å². The summed E-state index contributed by atoms with van der Waals surface area (Å²) in [6.07, 6.45) is 3.66. The van der Waals surface area contributed by atoms with Gasteiger partial charge in [0.2, 0.25) is 0 Å². The minimum Gasteiger partial charge on any atom is -0.481 e. The number of carboxylic acids is 1. The molecule has 3 N–H and O–H groups in total. The van der Waals surface area contributed by atoms with E-state index in [1.165, 1.54) is 0 Å². The van der Waals surface area contributed by atoms with Crippen LogP contribution in [0.5, 0.6) is 0 Å². The van der Waals surface area contributed by atoms with Crippen LogP contribution >= 0.6 is 0 Å². The number of nitrogens with one attached hydrogen (secondary N) is 2. The monoisotopic (exact) mass is 304 g/mol. The molecule has 1 saturated heterocycles. The van der Waals surface area contributed by atoms with Crippen LogP contribution in [-0.4, -0.2) is 23.0 Å². The van der Waals surface area contributed by atoms with Crippen molar-refractivity contribution in [1.29, 1.82) is 0 Å². The first kappa shape index (κ1) is 16.0. The average Bonchev–Trinajstić information content (AvgIpc) is 2.78. The zero-order chi connectivity index (χ0) is 16.0. The lowest BCUT2D eigenvalue weighted by molar-refractivity contribution is -0.137. The summed E-state index contributed by atoms with van der Waals surface area (Å²) in [5, 5.41) is 13.7. The number of aliphatic carboxylic acids is 1. The molecule has 6 nitrogen and oxygen atoms in total. The lowest BCUT2D eigenvalue weighted by atomic mass is 9.84. The minimum atomic E-state index is -1.01. The Labute approximate surface area is 128 Å². The maximum Gasteiger partial charge on any atom is 0.322 e. The smallest absolute Gasteiger partial charge is 0.322 e. The fourth-order valence-corrected chi connectivity index (χ4v) is 2.76. The first-order valence-electron chi connectivity index (χ1n) is 7.45. The first-order chi connectivity index (χ1) is 10.5. The number of hydrogen-bond acceptors (Lipinski definition) is 3. The van der Waals surface area contributed by atoms with Crippen LogP contribution in [0.2, 0.25) is 0 Å². The highest BCUT2D eigenvalue weighted by Crippen LogP contribution is 2.30. The number of carboxylic acid groups (broad SMARTS) is 1. The molecule has 2 rings (SSSR count). The molecule has 22 heavy (non-hydrogen) atoms. The number of carbonyl (C=O) groups is 3. The van der Waals surface area contributed by atoms with Crippen molar-refractivity contribution in [2.24, 2.45) is 0 Å². The molecule has 1 atom stereocenters. The standard InChI is InChI=1S/C16H20N2O4/c19-13(20)10-6-1-2-7-11-16(12-8-4-3-5-9-12)14(21)17-15(22)18-16/h3-5,8-9H,1-2,6-7,10-11H2,(H,19,20)(H2,17,18,21,22). The van der Waals surface area contributed by atoms with E-state index in [1.54, 1.807) is 0 Å². The average molecular weight is 304 g/mol. The summed E-state index contributed by atoms with van der Waals surface area (Å²) in [5.74, 6) is -1.11. The Balaban J connectivity index is 1.97. The molecule has 1 fully saturated rings. The van der Waals surface area contributed by atoms with Crippen LogP contribution in [0.4, 0.5) is 4.79 Å².